The van der Waals surface area contributed by atoms with Crippen molar-refractivity contribution in [3.63, 3.8) is 0 Å². The van der Waals surface area contributed by atoms with Crippen LogP contribution in [-0.4, -0.2) is 36.7 Å². The first-order valence-electron chi connectivity index (χ1n) is 8.52. The fourth-order valence-electron chi connectivity index (χ4n) is 5.14. The van der Waals surface area contributed by atoms with Gasteiger partial charge in [-0.2, -0.15) is 0 Å². The number of allylic oxidation sites excluding steroid dienone is 1. The van der Waals surface area contributed by atoms with E-state index in [0.717, 1.165) is 12.8 Å². The summed E-state index contributed by atoms with van der Waals surface area (Å²) in [7, 11) is 1.32. The predicted octanol–water partition coefficient (Wildman–Crippen LogP) is 1.87. The second-order valence-electron chi connectivity index (χ2n) is 7.21. The summed E-state index contributed by atoms with van der Waals surface area (Å²) in [6, 6.07) is 0. The Kier molecular flexibility index (Phi) is 4.18. The molecule has 0 aromatic rings. The number of ether oxygens (including phenoxy) is 3. The van der Waals surface area contributed by atoms with Crippen LogP contribution in [0.2, 0.25) is 0 Å². The van der Waals surface area contributed by atoms with Gasteiger partial charge in [0.05, 0.1) is 18.9 Å². The zero-order valence-corrected chi connectivity index (χ0v) is 14.5. The van der Waals surface area contributed by atoms with E-state index in [9.17, 15) is 14.4 Å². The molecule has 0 aromatic heterocycles. The van der Waals surface area contributed by atoms with Crippen molar-refractivity contribution in [1.29, 1.82) is 0 Å². The van der Waals surface area contributed by atoms with Gasteiger partial charge in [0.2, 0.25) is 0 Å². The summed E-state index contributed by atoms with van der Waals surface area (Å²) in [5.74, 6) is -2.81. The minimum atomic E-state index is -0.985. The Labute approximate surface area is 141 Å². The van der Waals surface area contributed by atoms with Gasteiger partial charge in [-0.1, -0.05) is 19.9 Å². The lowest BCUT2D eigenvalue weighted by Gasteiger charge is -2.56. The molecule has 0 radical (unpaired) electrons. The summed E-state index contributed by atoms with van der Waals surface area (Å²) < 4.78 is 16.5. The van der Waals surface area contributed by atoms with E-state index in [1.807, 2.05) is 13.8 Å². The third-order valence-corrected chi connectivity index (χ3v) is 5.98. The third-order valence-electron chi connectivity index (χ3n) is 5.98. The monoisotopic (exact) mass is 336 g/mol. The quantitative estimate of drug-likeness (QED) is 0.443. The minimum absolute atomic E-state index is 0.0940. The molecule has 1 saturated heterocycles. The molecule has 4 bridgehead atoms. The topological polar surface area (TPSA) is 78.9 Å². The van der Waals surface area contributed by atoms with E-state index in [-0.39, 0.29) is 23.7 Å². The molecular weight excluding hydrogens is 312 g/mol. The van der Waals surface area contributed by atoms with Crippen molar-refractivity contribution in [2.75, 3.05) is 7.11 Å². The van der Waals surface area contributed by atoms with Gasteiger partial charge in [-0.15, -0.1) is 0 Å². The van der Waals surface area contributed by atoms with Crippen LogP contribution in [-0.2, 0) is 28.6 Å². The van der Waals surface area contributed by atoms with Crippen molar-refractivity contribution in [3.05, 3.63) is 12.2 Å². The van der Waals surface area contributed by atoms with Crippen molar-refractivity contribution in [2.24, 2.45) is 29.6 Å². The van der Waals surface area contributed by atoms with Crippen molar-refractivity contribution in [2.45, 2.75) is 45.3 Å². The van der Waals surface area contributed by atoms with Gasteiger partial charge in [-0.05, 0) is 25.7 Å². The van der Waals surface area contributed by atoms with Crippen LogP contribution in [0.1, 0.15) is 33.6 Å². The largest absolute Gasteiger partial charge is 0.469 e. The summed E-state index contributed by atoms with van der Waals surface area (Å²) in [5, 5.41) is 0. The van der Waals surface area contributed by atoms with Gasteiger partial charge in [-0.3, -0.25) is 9.59 Å². The highest BCUT2D eigenvalue weighted by atomic mass is 16.6. The maximum atomic E-state index is 12.4. The number of rotatable bonds is 4. The van der Waals surface area contributed by atoms with E-state index < -0.39 is 35.5 Å². The molecule has 6 heteroatoms. The second-order valence-corrected chi connectivity index (χ2v) is 7.21. The van der Waals surface area contributed by atoms with Crippen LogP contribution < -0.4 is 0 Å². The molecule has 1 aliphatic heterocycles. The van der Waals surface area contributed by atoms with E-state index in [4.69, 9.17) is 14.2 Å². The van der Waals surface area contributed by atoms with Crippen molar-refractivity contribution < 1.29 is 28.6 Å². The standard InChI is InChI=1S/C18H24O6/c1-5-6-12(19)24-18(9(2)3)11-8-7-10-13(14(11)16(20)22-4)17(21)23-15(10)18/h5-6,9-11,13-15H,7-8H2,1-4H3/b6-5+. The number of methoxy groups -OCH3 is 1. The number of hydrogen-bond donors (Lipinski definition) is 0. The molecule has 0 aromatic carbocycles. The summed E-state index contributed by atoms with van der Waals surface area (Å²) >= 11 is 0. The first-order valence-corrected chi connectivity index (χ1v) is 8.52. The Hall–Kier alpha value is -1.85. The zero-order chi connectivity index (χ0) is 17.6. The van der Waals surface area contributed by atoms with E-state index >= 15 is 0 Å². The van der Waals surface area contributed by atoms with Gasteiger partial charge in [0.1, 0.15) is 6.10 Å². The lowest BCUT2D eigenvalue weighted by atomic mass is 9.50. The molecule has 4 aliphatic rings. The fraction of sp³-hybridized carbons (Fsp3) is 0.722. The highest BCUT2D eigenvalue weighted by Gasteiger charge is 2.73. The SMILES string of the molecule is C/C=C/C(=O)OC1(C(C)C)C2CCC3C(C(=O)OC31)C2C(=O)OC. The maximum Gasteiger partial charge on any atom is 0.331 e. The predicted molar refractivity (Wildman–Crippen MR) is 83.6 cm³/mol. The molecule has 132 valence electrons. The molecule has 3 aliphatic carbocycles. The van der Waals surface area contributed by atoms with Crippen LogP contribution >= 0.6 is 0 Å². The molecular formula is C18H24O6. The first kappa shape index (κ1) is 17.0. The molecule has 0 spiro atoms. The lowest BCUT2D eigenvalue weighted by Crippen LogP contribution is -2.67. The van der Waals surface area contributed by atoms with Gasteiger partial charge < -0.3 is 14.2 Å². The van der Waals surface area contributed by atoms with Gasteiger partial charge in [0, 0.05) is 17.9 Å². The van der Waals surface area contributed by atoms with Gasteiger partial charge in [0.25, 0.3) is 0 Å². The Morgan fingerprint density at radius 3 is 2.62 bits per heavy atom. The van der Waals surface area contributed by atoms with Crippen molar-refractivity contribution in [3.8, 4) is 0 Å². The zero-order valence-electron chi connectivity index (χ0n) is 14.5. The molecule has 3 saturated carbocycles. The molecule has 4 fully saturated rings. The summed E-state index contributed by atoms with van der Waals surface area (Å²) in [6.07, 6.45) is 4.00. The van der Waals surface area contributed by atoms with Crippen molar-refractivity contribution in [1.82, 2.24) is 0 Å². The van der Waals surface area contributed by atoms with Crippen LogP contribution in [0.15, 0.2) is 12.2 Å². The van der Waals surface area contributed by atoms with E-state index in [1.165, 1.54) is 13.2 Å². The van der Waals surface area contributed by atoms with Gasteiger partial charge in [-0.25, -0.2) is 4.79 Å². The summed E-state index contributed by atoms with van der Waals surface area (Å²) in [5.41, 5.74) is -0.985. The smallest absolute Gasteiger partial charge is 0.331 e. The van der Waals surface area contributed by atoms with Crippen LogP contribution in [0.25, 0.3) is 0 Å². The molecule has 4 rings (SSSR count). The number of carbonyl (C=O) groups excluding carboxylic acids is 3. The Morgan fingerprint density at radius 2 is 2.04 bits per heavy atom. The average molecular weight is 336 g/mol. The minimum Gasteiger partial charge on any atom is -0.469 e. The molecule has 6 atom stereocenters. The molecule has 24 heavy (non-hydrogen) atoms. The van der Waals surface area contributed by atoms with Crippen LogP contribution in [0.5, 0.6) is 0 Å². The van der Waals surface area contributed by atoms with Crippen LogP contribution in [0.4, 0.5) is 0 Å². The van der Waals surface area contributed by atoms with E-state index in [0.29, 0.717) is 0 Å². The molecule has 6 unspecified atom stereocenters. The number of esters is 3. The van der Waals surface area contributed by atoms with E-state index in [1.54, 1.807) is 13.0 Å². The highest BCUT2D eigenvalue weighted by molar-refractivity contribution is 5.86. The summed E-state index contributed by atoms with van der Waals surface area (Å²) in [4.78, 5) is 37.1. The Bertz CT molecular complexity index is 594. The fourth-order valence-corrected chi connectivity index (χ4v) is 5.14. The van der Waals surface area contributed by atoms with Crippen molar-refractivity contribution >= 4 is 17.9 Å². The van der Waals surface area contributed by atoms with Gasteiger partial charge >= 0.3 is 17.9 Å². The third kappa shape index (κ3) is 2.11. The van der Waals surface area contributed by atoms with E-state index in [2.05, 4.69) is 0 Å². The first-order chi connectivity index (χ1) is 11.4. The van der Waals surface area contributed by atoms with Crippen LogP contribution in [0, 0.1) is 29.6 Å². The second kappa shape index (κ2) is 5.90. The Balaban J connectivity index is 2.09. The maximum absolute atomic E-state index is 12.4. The molecule has 6 nitrogen and oxygen atoms in total. The van der Waals surface area contributed by atoms with Crippen LogP contribution in [0.3, 0.4) is 0 Å². The molecule has 1 heterocycles. The molecule has 0 N–H and O–H groups in total. The Morgan fingerprint density at radius 1 is 1.33 bits per heavy atom. The summed E-state index contributed by atoms with van der Waals surface area (Å²) in [6.45, 7) is 5.62. The molecule has 0 amide bonds. The van der Waals surface area contributed by atoms with Gasteiger partial charge in [0.15, 0.2) is 5.60 Å². The number of hydrogen-bond acceptors (Lipinski definition) is 6. The number of carbonyl (C=O) groups is 3. The number of fused-ring (bicyclic) bond motifs is 1. The lowest BCUT2D eigenvalue weighted by molar-refractivity contribution is -0.232. The normalized spacial score (nSPS) is 40.0. The highest BCUT2D eigenvalue weighted by Crippen LogP contribution is 2.62. The average Bonchev–Trinajstić information content (AvgIpc) is 2.85.